The maximum absolute atomic E-state index is 12.2. The summed E-state index contributed by atoms with van der Waals surface area (Å²) in [6.07, 6.45) is 0.516. The number of anilines is 3. The van der Waals surface area contributed by atoms with E-state index in [1.807, 2.05) is 66.7 Å². The third-order valence-corrected chi connectivity index (χ3v) is 6.98. The summed E-state index contributed by atoms with van der Waals surface area (Å²) < 4.78 is 20.8. The summed E-state index contributed by atoms with van der Waals surface area (Å²) in [5.41, 5.74) is 6.90. The number of hydrogen-bond acceptors (Lipinski definition) is 7. The zero-order chi connectivity index (χ0) is 28.0. The Labute approximate surface area is 239 Å². The van der Waals surface area contributed by atoms with Crippen molar-refractivity contribution in [2.45, 2.75) is 25.0 Å². The second-order valence-electron chi connectivity index (χ2n) is 10.2. The van der Waals surface area contributed by atoms with Crippen molar-refractivity contribution in [2.75, 3.05) is 31.3 Å². The highest BCUT2D eigenvalue weighted by atomic mass is 16.6. The van der Waals surface area contributed by atoms with Crippen molar-refractivity contribution in [3.8, 4) is 11.1 Å². The molecule has 2 atom stereocenters. The van der Waals surface area contributed by atoms with Crippen molar-refractivity contribution in [3.05, 3.63) is 114 Å². The van der Waals surface area contributed by atoms with Gasteiger partial charge < -0.3 is 23.8 Å². The van der Waals surface area contributed by atoms with E-state index in [1.54, 1.807) is 0 Å². The van der Waals surface area contributed by atoms with Crippen LogP contribution in [0.15, 0.2) is 103 Å². The Kier molecular flexibility index (Phi) is 8.07. The van der Waals surface area contributed by atoms with E-state index >= 15 is 0 Å². The average Bonchev–Trinajstić information content (AvgIpc) is 3.94. The van der Waals surface area contributed by atoms with Crippen LogP contribution in [0.2, 0.25) is 0 Å². The molecule has 0 amide bonds. The van der Waals surface area contributed by atoms with Crippen molar-refractivity contribution < 1.29 is 28.5 Å². The van der Waals surface area contributed by atoms with Gasteiger partial charge in [-0.05, 0) is 58.7 Å². The van der Waals surface area contributed by atoms with Crippen LogP contribution >= 0.6 is 0 Å². The maximum Gasteiger partial charge on any atom is 0.310 e. The Hall–Kier alpha value is -4.46. The predicted molar refractivity (Wildman–Crippen MR) is 155 cm³/mol. The monoisotopic (exact) mass is 549 g/mol. The summed E-state index contributed by atoms with van der Waals surface area (Å²) in [5.74, 6) is -0.527. The number of ether oxygens (including phenoxy) is 4. The van der Waals surface area contributed by atoms with E-state index in [0.29, 0.717) is 26.4 Å². The number of benzene rings is 4. The first-order chi connectivity index (χ1) is 20.1. The normalized spacial score (nSPS) is 17.0. The molecule has 0 spiro atoms. The summed E-state index contributed by atoms with van der Waals surface area (Å²) in [6, 6.07) is 34.5. The molecule has 0 aliphatic carbocycles. The lowest BCUT2D eigenvalue weighted by molar-refractivity contribution is -0.144. The summed E-state index contributed by atoms with van der Waals surface area (Å²) in [5, 5.41) is 0. The lowest BCUT2D eigenvalue weighted by Gasteiger charge is -2.26. The number of carbonyl (C=O) groups excluding carboxylic acids is 2. The molecule has 4 aromatic rings. The molecule has 0 N–H and O–H groups in total. The Morgan fingerprint density at radius 2 is 0.976 bits per heavy atom. The molecular formula is C34H31NO6. The quantitative estimate of drug-likeness (QED) is 0.163. The van der Waals surface area contributed by atoms with E-state index in [2.05, 4.69) is 41.3 Å². The first-order valence-electron chi connectivity index (χ1n) is 13.8. The molecule has 7 nitrogen and oxygen atoms in total. The van der Waals surface area contributed by atoms with Gasteiger partial charge in [-0.1, -0.05) is 66.7 Å². The Bertz CT molecular complexity index is 1390. The number of esters is 2. The van der Waals surface area contributed by atoms with Gasteiger partial charge in [0, 0.05) is 17.1 Å². The van der Waals surface area contributed by atoms with E-state index in [-0.39, 0.29) is 37.0 Å². The lowest BCUT2D eigenvalue weighted by Crippen LogP contribution is -2.13. The van der Waals surface area contributed by atoms with Crippen molar-refractivity contribution in [1.29, 1.82) is 0 Å². The summed E-state index contributed by atoms with van der Waals surface area (Å²) in [4.78, 5) is 26.6. The summed E-state index contributed by atoms with van der Waals surface area (Å²) in [7, 11) is 0. The van der Waals surface area contributed by atoms with Crippen LogP contribution in [0.4, 0.5) is 17.1 Å². The largest absolute Gasteiger partial charge is 0.463 e. The van der Waals surface area contributed by atoms with E-state index in [0.717, 1.165) is 39.3 Å². The fraction of sp³-hybridized carbons (Fsp3) is 0.235. The third-order valence-electron chi connectivity index (χ3n) is 6.98. The minimum absolute atomic E-state index is 0.0533. The Balaban J connectivity index is 1.21. The predicted octanol–water partition coefficient (Wildman–Crippen LogP) is 5.79. The second kappa shape index (κ2) is 12.4. The van der Waals surface area contributed by atoms with Gasteiger partial charge in [0.1, 0.15) is 25.4 Å². The molecule has 7 heteroatoms. The van der Waals surface area contributed by atoms with Crippen LogP contribution in [0.5, 0.6) is 0 Å². The van der Waals surface area contributed by atoms with Gasteiger partial charge in [-0.15, -0.1) is 0 Å². The van der Waals surface area contributed by atoms with E-state index in [4.69, 9.17) is 18.9 Å². The fourth-order valence-corrected chi connectivity index (χ4v) is 4.54. The van der Waals surface area contributed by atoms with Gasteiger partial charge in [-0.3, -0.25) is 9.59 Å². The topological polar surface area (TPSA) is 80.9 Å². The number of nitrogens with zero attached hydrogens (tertiary/aromatic N) is 1. The molecule has 4 aromatic carbocycles. The highest BCUT2D eigenvalue weighted by Crippen LogP contribution is 2.36. The Morgan fingerprint density at radius 3 is 1.39 bits per heavy atom. The number of carbonyl (C=O) groups is 2. The van der Waals surface area contributed by atoms with Crippen LogP contribution in [-0.4, -0.2) is 50.6 Å². The standard InChI is InChI=1S/C34H31NO6/c36-33(40-22-31-20-38-31)18-24-6-12-28(13-7-24)35(30-16-10-27(11-17-30)26-4-2-1-3-5-26)29-14-8-25(9-15-29)19-34(37)41-23-32-21-39-32/h1-17,31-32H,18-23H2. The molecule has 2 unspecified atom stereocenters. The van der Waals surface area contributed by atoms with Crippen molar-refractivity contribution in [1.82, 2.24) is 0 Å². The first-order valence-corrected chi connectivity index (χ1v) is 13.8. The third kappa shape index (κ3) is 7.39. The van der Waals surface area contributed by atoms with Gasteiger partial charge in [-0.25, -0.2) is 0 Å². The molecule has 208 valence electrons. The summed E-state index contributed by atoms with van der Waals surface area (Å²) in [6.45, 7) is 1.94. The molecule has 0 saturated carbocycles. The Morgan fingerprint density at radius 1 is 0.585 bits per heavy atom. The van der Waals surface area contributed by atoms with Gasteiger partial charge >= 0.3 is 11.9 Å². The molecule has 41 heavy (non-hydrogen) atoms. The molecule has 0 radical (unpaired) electrons. The average molecular weight is 550 g/mol. The first kappa shape index (κ1) is 26.7. The molecule has 0 bridgehead atoms. The molecule has 2 fully saturated rings. The van der Waals surface area contributed by atoms with E-state index in [1.165, 1.54) is 0 Å². The van der Waals surface area contributed by atoms with Gasteiger partial charge in [0.15, 0.2) is 0 Å². The highest BCUT2D eigenvalue weighted by Gasteiger charge is 2.25. The lowest BCUT2D eigenvalue weighted by atomic mass is 10.0. The zero-order valence-electron chi connectivity index (χ0n) is 22.6. The van der Waals surface area contributed by atoms with Crippen molar-refractivity contribution in [3.63, 3.8) is 0 Å². The van der Waals surface area contributed by atoms with E-state index < -0.39 is 0 Å². The van der Waals surface area contributed by atoms with Gasteiger partial charge in [-0.2, -0.15) is 0 Å². The van der Waals surface area contributed by atoms with Crippen molar-refractivity contribution >= 4 is 29.0 Å². The van der Waals surface area contributed by atoms with Crippen LogP contribution in [0.1, 0.15) is 11.1 Å². The van der Waals surface area contributed by atoms with Gasteiger partial charge in [0.2, 0.25) is 0 Å². The van der Waals surface area contributed by atoms with E-state index in [9.17, 15) is 9.59 Å². The zero-order valence-corrected chi connectivity index (χ0v) is 22.6. The molecular weight excluding hydrogens is 518 g/mol. The minimum Gasteiger partial charge on any atom is -0.463 e. The second-order valence-corrected chi connectivity index (χ2v) is 10.2. The molecule has 2 saturated heterocycles. The van der Waals surface area contributed by atoms with Gasteiger partial charge in [0.05, 0.1) is 26.1 Å². The van der Waals surface area contributed by atoms with Gasteiger partial charge in [0.25, 0.3) is 0 Å². The number of epoxide rings is 2. The van der Waals surface area contributed by atoms with Crippen LogP contribution in [0, 0.1) is 0 Å². The summed E-state index contributed by atoms with van der Waals surface area (Å²) >= 11 is 0. The number of rotatable bonds is 12. The molecule has 6 rings (SSSR count). The fourth-order valence-electron chi connectivity index (χ4n) is 4.54. The van der Waals surface area contributed by atoms with Crippen molar-refractivity contribution in [2.24, 2.45) is 0 Å². The SMILES string of the molecule is O=C(Cc1ccc(N(c2ccc(CC(=O)OCC3CO3)cc2)c2ccc(-c3ccccc3)cc2)cc1)OCC1CO1. The smallest absolute Gasteiger partial charge is 0.310 e. The molecule has 2 aliphatic rings. The van der Waals surface area contributed by atoms with Crippen LogP contribution in [0.3, 0.4) is 0 Å². The molecule has 0 aromatic heterocycles. The minimum atomic E-state index is -0.264. The molecule has 2 heterocycles. The van der Waals surface area contributed by atoms with Crippen LogP contribution in [-0.2, 0) is 41.4 Å². The van der Waals surface area contributed by atoms with Crippen LogP contribution < -0.4 is 4.90 Å². The molecule has 2 aliphatic heterocycles. The maximum atomic E-state index is 12.2. The highest BCUT2D eigenvalue weighted by molar-refractivity contribution is 5.80. The number of hydrogen-bond donors (Lipinski definition) is 0. The van der Waals surface area contributed by atoms with Crippen LogP contribution in [0.25, 0.3) is 11.1 Å².